The second kappa shape index (κ2) is 31.2. The van der Waals surface area contributed by atoms with E-state index in [4.69, 9.17) is 56.9 Å². The number of nitrogens with zero attached hydrogens (tertiary/aromatic N) is 1. The van der Waals surface area contributed by atoms with Gasteiger partial charge in [-0.1, -0.05) is 0 Å². The maximum absolute atomic E-state index is 11.6. The Balaban J connectivity index is 1.66. The Morgan fingerprint density at radius 1 is 0.520 bits per heavy atom. The second-order valence-corrected chi connectivity index (χ2v) is 11.3. The molecule has 0 aromatic carbocycles. The fourth-order valence-corrected chi connectivity index (χ4v) is 3.58. The van der Waals surface area contributed by atoms with Crippen LogP contribution in [0.2, 0.25) is 0 Å². The molecule has 1 aliphatic heterocycles. The molecule has 1 aliphatic rings. The molecule has 0 unspecified atom stereocenters. The Morgan fingerprint density at radius 3 is 1.14 bits per heavy atom. The van der Waals surface area contributed by atoms with Crippen LogP contribution < -0.4 is 5.32 Å². The molecule has 1 fully saturated rings. The number of ether oxygens (including phenoxy) is 11. The summed E-state index contributed by atoms with van der Waals surface area (Å²) < 4.78 is 59.3. The van der Waals surface area contributed by atoms with Crippen LogP contribution in [-0.4, -0.2) is 173 Å². The van der Waals surface area contributed by atoms with E-state index in [2.05, 4.69) is 5.32 Å². The molecule has 1 N–H and O–H groups in total. The molecule has 3 amide bonds. The number of nitrogens with one attached hydrogen (secondary N) is 1. The molecule has 0 aromatic rings. The Hall–Kier alpha value is -2.52. The maximum atomic E-state index is 11.6. The van der Waals surface area contributed by atoms with Gasteiger partial charge in [-0.15, -0.1) is 5.06 Å². The predicted octanol–water partition coefficient (Wildman–Crippen LogP) is 0.674. The lowest BCUT2D eigenvalue weighted by Gasteiger charge is -2.19. The highest BCUT2D eigenvalue weighted by molar-refractivity contribution is 6.01. The first-order chi connectivity index (χ1) is 24.2. The van der Waals surface area contributed by atoms with Crippen LogP contribution in [-0.2, 0) is 71.3 Å². The highest BCUT2D eigenvalue weighted by atomic mass is 16.7. The summed E-state index contributed by atoms with van der Waals surface area (Å²) in [4.78, 5) is 50.7. The van der Waals surface area contributed by atoms with Crippen LogP contribution in [0.4, 0.5) is 4.79 Å². The van der Waals surface area contributed by atoms with Gasteiger partial charge in [-0.3, -0.25) is 9.59 Å². The van der Waals surface area contributed by atoms with Crippen LogP contribution in [0, 0.1) is 0 Å². The Labute approximate surface area is 294 Å². The molecule has 0 radical (unpaired) electrons. The lowest BCUT2D eigenvalue weighted by molar-refractivity contribution is -0.198. The van der Waals surface area contributed by atoms with Gasteiger partial charge in [-0.2, -0.15) is 0 Å². The van der Waals surface area contributed by atoms with Crippen molar-refractivity contribution >= 4 is 23.9 Å². The summed E-state index contributed by atoms with van der Waals surface area (Å²) in [5.74, 6) is -1.73. The van der Waals surface area contributed by atoms with Gasteiger partial charge in [0, 0.05) is 19.4 Å². The van der Waals surface area contributed by atoms with Gasteiger partial charge in [-0.05, 0) is 20.8 Å². The zero-order valence-corrected chi connectivity index (χ0v) is 29.9. The third-order valence-corrected chi connectivity index (χ3v) is 5.91. The minimum atomic E-state index is -0.702. The van der Waals surface area contributed by atoms with E-state index < -0.39 is 29.5 Å². The van der Waals surface area contributed by atoms with Gasteiger partial charge in [0.2, 0.25) is 0 Å². The quantitative estimate of drug-likeness (QED) is 0.0718. The smallest absolute Gasteiger partial charge is 0.407 e. The minimum absolute atomic E-state index is 0.0562. The van der Waals surface area contributed by atoms with Gasteiger partial charge < -0.3 is 62.3 Å². The van der Waals surface area contributed by atoms with Crippen LogP contribution in [0.1, 0.15) is 40.0 Å². The third-order valence-electron chi connectivity index (χ3n) is 5.91. The molecule has 1 heterocycles. The molecule has 0 atom stereocenters. The standard InChI is InChI=1S/C32H58N2O16/c1-32(2,3)49-31(38)33-7-9-40-11-13-42-15-17-44-19-21-46-23-25-48-27-26-47-24-22-45-20-18-43-16-14-41-12-10-39-8-6-30(37)50-34-28(35)4-5-29(34)36/h4-27H2,1-3H3,(H,33,38). The molecular weight excluding hydrogens is 668 g/mol. The molecule has 0 spiro atoms. The molecule has 1 saturated heterocycles. The van der Waals surface area contributed by atoms with Gasteiger partial charge in [0.25, 0.3) is 11.8 Å². The third kappa shape index (κ3) is 29.2. The number of imide groups is 1. The Morgan fingerprint density at radius 2 is 0.820 bits per heavy atom. The van der Waals surface area contributed by atoms with Gasteiger partial charge >= 0.3 is 12.1 Å². The summed E-state index contributed by atoms with van der Waals surface area (Å²) in [6.45, 7) is 14.0. The second-order valence-electron chi connectivity index (χ2n) is 11.3. The number of carbonyl (C=O) groups excluding carboxylic acids is 4. The first-order valence-corrected chi connectivity index (χ1v) is 17.0. The van der Waals surface area contributed by atoms with Crippen molar-refractivity contribution in [2.45, 2.75) is 45.6 Å². The molecule has 292 valence electrons. The molecule has 0 aliphatic carbocycles. The lowest BCUT2D eigenvalue weighted by Crippen LogP contribution is -2.34. The van der Waals surface area contributed by atoms with E-state index in [0.29, 0.717) is 131 Å². The molecule has 50 heavy (non-hydrogen) atoms. The molecule has 18 nitrogen and oxygen atoms in total. The number of alkyl carbamates (subject to hydrolysis) is 1. The van der Waals surface area contributed by atoms with Crippen molar-refractivity contribution < 1.29 is 76.1 Å². The van der Waals surface area contributed by atoms with Crippen LogP contribution in [0.25, 0.3) is 0 Å². The summed E-state index contributed by atoms with van der Waals surface area (Å²) >= 11 is 0. The first kappa shape index (κ1) is 45.5. The topological polar surface area (TPSA) is 194 Å². The predicted molar refractivity (Wildman–Crippen MR) is 174 cm³/mol. The first-order valence-electron chi connectivity index (χ1n) is 17.0. The van der Waals surface area contributed by atoms with Crippen molar-refractivity contribution in [2.75, 3.05) is 139 Å². The summed E-state index contributed by atoms with van der Waals surface area (Å²) in [6, 6.07) is 0. The van der Waals surface area contributed by atoms with E-state index in [1.165, 1.54) is 0 Å². The highest BCUT2D eigenvalue weighted by Crippen LogP contribution is 2.12. The van der Waals surface area contributed by atoms with Crippen molar-refractivity contribution in [1.82, 2.24) is 10.4 Å². The fraction of sp³-hybridized carbons (Fsp3) is 0.875. The SMILES string of the molecule is CC(C)(C)OC(=O)NCCOCCOCCOCCOCCOCCOCCOCCOCCOCCOCCC(=O)ON1C(=O)CCC1=O. The number of hydrogen-bond acceptors (Lipinski definition) is 16. The van der Waals surface area contributed by atoms with E-state index in [-0.39, 0.29) is 32.5 Å². The average Bonchev–Trinajstić information content (AvgIpc) is 3.38. The van der Waals surface area contributed by atoms with Crippen LogP contribution in [0.5, 0.6) is 0 Å². The van der Waals surface area contributed by atoms with Gasteiger partial charge in [0.05, 0.1) is 139 Å². The van der Waals surface area contributed by atoms with Crippen molar-refractivity contribution in [3.63, 3.8) is 0 Å². The Bertz CT molecular complexity index is 873. The Kier molecular flexibility index (Phi) is 28.4. The normalized spacial score (nSPS) is 13.3. The van der Waals surface area contributed by atoms with Crippen LogP contribution in [0.15, 0.2) is 0 Å². The summed E-state index contributed by atoms with van der Waals surface area (Å²) in [7, 11) is 0. The molecule has 0 aromatic heterocycles. The van der Waals surface area contributed by atoms with Crippen molar-refractivity contribution in [2.24, 2.45) is 0 Å². The average molecular weight is 727 g/mol. The number of carbonyl (C=O) groups is 4. The maximum Gasteiger partial charge on any atom is 0.407 e. The zero-order chi connectivity index (χ0) is 36.5. The number of amides is 3. The van der Waals surface area contributed by atoms with Crippen molar-refractivity contribution in [1.29, 1.82) is 0 Å². The van der Waals surface area contributed by atoms with E-state index in [1.54, 1.807) is 0 Å². The highest BCUT2D eigenvalue weighted by Gasteiger charge is 2.32. The summed E-state index contributed by atoms with van der Waals surface area (Å²) in [5.41, 5.74) is -0.521. The summed E-state index contributed by atoms with van der Waals surface area (Å²) in [6.07, 6.45) is -0.427. The number of hydrogen-bond donors (Lipinski definition) is 1. The number of hydroxylamine groups is 2. The van der Waals surface area contributed by atoms with E-state index >= 15 is 0 Å². The van der Waals surface area contributed by atoms with Gasteiger partial charge in [-0.25, -0.2) is 9.59 Å². The molecule has 0 bridgehead atoms. The van der Waals surface area contributed by atoms with E-state index in [0.717, 1.165) is 0 Å². The van der Waals surface area contributed by atoms with Gasteiger partial charge in [0.15, 0.2) is 0 Å². The molecule has 1 rings (SSSR count). The molecule has 18 heteroatoms. The van der Waals surface area contributed by atoms with Crippen molar-refractivity contribution in [3.8, 4) is 0 Å². The monoisotopic (exact) mass is 726 g/mol. The molecular formula is C32H58N2O16. The fourth-order valence-electron chi connectivity index (χ4n) is 3.58. The van der Waals surface area contributed by atoms with Crippen LogP contribution >= 0.6 is 0 Å². The van der Waals surface area contributed by atoms with Crippen LogP contribution in [0.3, 0.4) is 0 Å². The minimum Gasteiger partial charge on any atom is -0.444 e. The zero-order valence-electron chi connectivity index (χ0n) is 29.9. The van der Waals surface area contributed by atoms with Gasteiger partial charge in [0.1, 0.15) is 5.60 Å². The van der Waals surface area contributed by atoms with E-state index in [9.17, 15) is 19.2 Å². The van der Waals surface area contributed by atoms with Crippen molar-refractivity contribution in [3.05, 3.63) is 0 Å². The van der Waals surface area contributed by atoms with E-state index in [1.807, 2.05) is 20.8 Å². The largest absolute Gasteiger partial charge is 0.444 e. The summed E-state index contributed by atoms with van der Waals surface area (Å²) in [5, 5.41) is 3.14. The lowest BCUT2D eigenvalue weighted by atomic mass is 10.2. The molecule has 0 saturated carbocycles. The number of rotatable bonds is 34.